The molecule has 6 heteroatoms. The molecule has 0 bridgehead atoms. The molecule has 0 spiro atoms. The summed E-state index contributed by atoms with van der Waals surface area (Å²) in [5.41, 5.74) is 3.75. The SMILES string of the molecule is Fc1ccc(Nc2ncnc3ccc(-c4ccsc4)cc23)cc1Cl. The normalized spacial score (nSPS) is 10.9. The molecule has 2 heterocycles. The molecule has 0 aliphatic rings. The number of hydrogen-bond donors (Lipinski definition) is 1. The lowest BCUT2D eigenvalue weighted by Gasteiger charge is -2.10. The molecule has 4 rings (SSSR count). The van der Waals surface area contributed by atoms with Crippen LogP contribution in [-0.4, -0.2) is 9.97 Å². The first-order chi connectivity index (χ1) is 11.7. The maximum absolute atomic E-state index is 13.3. The van der Waals surface area contributed by atoms with Gasteiger partial charge in [0.2, 0.25) is 0 Å². The zero-order chi connectivity index (χ0) is 16.5. The average molecular weight is 356 g/mol. The maximum atomic E-state index is 13.3. The van der Waals surface area contributed by atoms with Crippen LogP contribution in [0.1, 0.15) is 0 Å². The highest BCUT2D eigenvalue weighted by Crippen LogP contribution is 2.30. The number of rotatable bonds is 3. The van der Waals surface area contributed by atoms with Crippen LogP contribution in [0.2, 0.25) is 5.02 Å². The summed E-state index contributed by atoms with van der Waals surface area (Å²) in [4.78, 5) is 8.62. The number of hydrogen-bond acceptors (Lipinski definition) is 4. The Kier molecular flexibility index (Phi) is 3.88. The van der Waals surface area contributed by atoms with Crippen LogP contribution in [0.4, 0.5) is 15.9 Å². The molecule has 0 radical (unpaired) electrons. The van der Waals surface area contributed by atoms with Crippen molar-refractivity contribution < 1.29 is 4.39 Å². The fourth-order valence-electron chi connectivity index (χ4n) is 2.48. The predicted octanol–water partition coefficient (Wildman–Crippen LogP) is 5.89. The van der Waals surface area contributed by atoms with Crippen LogP contribution < -0.4 is 5.32 Å². The fourth-order valence-corrected chi connectivity index (χ4v) is 3.32. The quantitative estimate of drug-likeness (QED) is 0.497. The van der Waals surface area contributed by atoms with Crippen molar-refractivity contribution in [1.29, 1.82) is 0 Å². The van der Waals surface area contributed by atoms with Gasteiger partial charge in [0.05, 0.1) is 10.5 Å². The molecule has 3 nitrogen and oxygen atoms in total. The number of nitrogens with one attached hydrogen (secondary N) is 1. The molecule has 0 aliphatic heterocycles. The Balaban J connectivity index is 1.79. The minimum Gasteiger partial charge on any atom is -0.340 e. The number of anilines is 2. The molecule has 0 amide bonds. The van der Waals surface area contributed by atoms with E-state index in [-0.39, 0.29) is 5.02 Å². The van der Waals surface area contributed by atoms with Gasteiger partial charge in [0.15, 0.2) is 0 Å². The van der Waals surface area contributed by atoms with Gasteiger partial charge in [0.25, 0.3) is 0 Å². The molecule has 0 unspecified atom stereocenters. The highest BCUT2D eigenvalue weighted by molar-refractivity contribution is 7.08. The van der Waals surface area contributed by atoms with Gasteiger partial charge in [-0.2, -0.15) is 11.3 Å². The van der Waals surface area contributed by atoms with Gasteiger partial charge in [0.1, 0.15) is 18.0 Å². The highest BCUT2D eigenvalue weighted by atomic mass is 35.5. The number of fused-ring (bicyclic) bond motifs is 1. The number of aromatic nitrogens is 2. The number of benzene rings is 2. The largest absolute Gasteiger partial charge is 0.340 e. The van der Waals surface area contributed by atoms with Crippen LogP contribution in [0.3, 0.4) is 0 Å². The molecule has 0 saturated carbocycles. The van der Waals surface area contributed by atoms with E-state index in [2.05, 4.69) is 26.7 Å². The zero-order valence-electron chi connectivity index (χ0n) is 12.3. The van der Waals surface area contributed by atoms with E-state index in [1.807, 2.05) is 23.6 Å². The second-order valence-electron chi connectivity index (χ2n) is 5.22. The molecule has 1 N–H and O–H groups in total. The second-order valence-corrected chi connectivity index (χ2v) is 6.41. The molecular formula is C18H11ClFN3S. The lowest BCUT2D eigenvalue weighted by molar-refractivity contribution is 0.628. The molecule has 2 aromatic carbocycles. The van der Waals surface area contributed by atoms with Crippen LogP contribution in [0.5, 0.6) is 0 Å². The Morgan fingerprint density at radius 3 is 2.71 bits per heavy atom. The zero-order valence-corrected chi connectivity index (χ0v) is 13.9. The summed E-state index contributed by atoms with van der Waals surface area (Å²) in [6.45, 7) is 0. The Bertz CT molecular complexity index is 1020. The van der Waals surface area contributed by atoms with E-state index in [1.165, 1.54) is 18.5 Å². The van der Waals surface area contributed by atoms with Crippen molar-refractivity contribution in [3.63, 3.8) is 0 Å². The lowest BCUT2D eigenvalue weighted by atomic mass is 10.1. The van der Waals surface area contributed by atoms with Gasteiger partial charge in [-0.05, 0) is 58.3 Å². The van der Waals surface area contributed by atoms with Gasteiger partial charge in [-0.25, -0.2) is 14.4 Å². The first-order valence-electron chi connectivity index (χ1n) is 7.20. The molecule has 2 aromatic heterocycles. The van der Waals surface area contributed by atoms with Crippen LogP contribution in [0, 0.1) is 5.82 Å². The number of nitrogens with zero attached hydrogens (tertiary/aromatic N) is 2. The van der Waals surface area contributed by atoms with Gasteiger partial charge in [-0.1, -0.05) is 17.7 Å². The molecule has 0 fully saturated rings. The predicted molar refractivity (Wildman–Crippen MR) is 97.5 cm³/mol. The topological polar surface area (TPSA) is 37.8 Å². The van der Waals surface area contributed by atoms with Crippen molar-refractivity contribution in [2.45, 2.75) is 0 Å². The minimum atomic E-state index is -0.450. The van der Waals surface area contributed by atoms with Crippen molar-refractivity contribution >= 4 is 45.3 Å². The molecule has 0 aliphatic carbocycles. The van der Waals surface area contributed by atoms with E-state index in [0.717, 1.165) is 22.0 Å². The van der Waals surface area contributed by atoms with Crippen LogP contribution in [0.15, 0.2) is 59.6 Å². The first-order valence-corrected chi connectivity index (χ1v) is 8.52. The van der Waals surface area contributed by atoms with Crippen molar-refractivity contribution in [3.8, 4) is 11.1 Å². The molecule has 118 valence electrons. The van der Waals surface area contributed by atoms with E-state index < -0.39 is 5.82 Å². The Morgan fingerprint density at radius 2 is 1.92 bits per heavy atom. The van der Waals surface area contributed by atoms with E-state index in [9.17, 15) is 4.39 Å². The molecule has 0 atom stereocenters. The summed E-state index contributed by atoms with van der Waals surface area (Å²) < 4.78 is 13.3. The summed E-state index contributed by atoms with van der Waals surface area (Å²) in [6.07, 6.45) is 1.50. The highest BCUT2D eigenvalue weighted by Gasteiger charge is 2.08. The molecule has 0 saturated heterocycles. The molecular weight excluding hydrogens is 345 g/mol. The van der Waals surface area contributed by atoms with Crippen molar-refractivity contribution in [2.24, 2.45) is 0 Å². The maximum Gasteiger partial charge on any atom is 0.141 e. The van der Waals surface area contributed by atoms with E-state index in [0.29, 0.717) is 11.5 Å². The smallest absolute Gasteiger partial charge is 0.141 e. The van der Waals surface area contributed by atoms with E-state index in [1.54, 1.807) is 17.4 Å². The second kappa shape index (κ2) is 6.19. The standard InChI is InChI=1S/C18H11ClFN3S/c19-15-8-13(2-3-16(15)20)23-18-14-7-11(12-5-6-24-9-12)1-4-17(14)21-10-22-18/h1-10H,(H,21,22,23). The van der Waals surface area contributed by atoms with Gasteiger partial charge in [0, 0.05) is 11.1 Å². The Morgan fingerprint density at radius 1 is 1.00 bits per heavy atom. The van der Waals surface area contributed by atoms with Gasteiger partial charge in [-0.15, -0.1) is 0 Å². The van der Waals surface area contributed by atoms with Crippen molar-refractivity contribution in [2.75, 3.05) is 5.32 Å². The number of halogens is 2. The monoisotopic (exact) mass is 355 g/mol. The summed E-state index contributed by atoms with van der Waals surface area (Å²) >= 11 is 7.50. The summed E-state index contributed by atoms with van der Waals surface area (Å²) in [6, 6.07) is 12.6. The summed E-state index contributed by atoms with van der Waals surface area (Å²) in [7, 11) is 0. The van der Waals surface area contributed by atoms with Gasteiger partial charge in [-0.3, -0.25) is 0 Å². The fraction of sp³-hybridized carbons (Fsp3) is 0. The summed E-state index contributed by atoms with van der Waals surface area (Å²) in [5.74, 6) is 0.203. The lowest BCUT2D eigenvalue weighted by Crippen LogP contribution is -1.96. The van der Waals surface area contributed by atoms with Crippen molar-refractivity contribution in [1.82, 2.24) is 9.97 Å². The summed E-state index contributed by atoms with van der Waals surface area (Å²) in [5, 5.41) is 8.28. The molecule has 4 aromatic rings. The Hall–Kier alpha value is -2.50. The van der Waals surface area contributed by atoms with Crippen LogP contribution in [-0.2, 0) is 0 Å². The van der Waals surface area contributed by atoms with Crippen LogP contribution >= 0.6 is 22.9 Å². The van der Waals surface area contributed by atoms with Crippen LogP contribution in [0.25, 0.3) is 22.0 Å². The minimum absolute atomic E-state index is 0.0670. The Labute approximate surface area is 146 Å². The van der Waals surface area contributed by atoms with Gasteiger partial charge >= 0.3 is 0 Å². The molecule has 24 heavy (non-hydrogen) atoms. The first kappa shape index (κ1) is 15.1. The van der Waals surface area contributed by atoms with Crippen molar-refractivity contribution in [3.05, 3.63) is 70.4 Å². The van der Waals surface area contributed by atoms with Gasteiger partial charge < -0.3 is 5.32 Å². The third-order valence-corrected chi connectivity index (χ3v) is 4.65. The third-order valence-electron chi connectivity index (χ3n) is 3.67. The van der Waals surface area contributed by atoms with E-state index >= 15 is 0 Å². The average Bonchev–Trinajstić information content (AvgIpc) is 3.13. The van der Waals surface area contributed by atoms with E-state index in [4.69, 9.17) is 11.6 Å². The third kappa shape index (κ3) is 2.84. The number of thiophene rings is 1.